The number of nitrogens with zero attached hydrogens (tertiary/aromatic N) is 6. The molecular formula is C18H24N6. The number of piperazine rings is 1. The molecule has 0 spiro atoms. The topological polar surface area (TPSA) is 48.4 Å². The molecule has 2 aliphatic rings. The lowest BCUT2D eigenvalue weighted by Crippen LogP contribution is -2.47. The van der Waals surface area contributed by atoms with Gasteiger partial charge in [-0.25, -0.2) is 0 Å². The summed E-state index contributed by atoms with van der Waals surface area (Å²) in [7, 11) is 0. The Morgan fingerprint density at radius 1 is 0.875 bits per heavy atom. The second kappa shape index (κ2) is 6.63. The molecular weight excluding hydrogens is 300 g/mol. The van der Waals surface area contributed by atoms with Gasteiger partial charge in [-0.15, -0.1) is 5.10 Å². The molecule has 0 saturated carbocycles. The smallest absolute Gasteiger partial charge is 0.247 e. The molecule has 1 aromatic heterocycles. The van der Waals surface area contributed by atoms with Crippen molar-refractivity contribution in [2.75, 3.05) is 54.0 Å². The number of hydrogen-bond donors (Lipinski definition) is 0. The highest BCUT2D eigenvalue weighted by Crippen LogP contribution is 2.21. The van der Waals surface area contributed by atoms with Crippen molar-refractivity contribution in [1.29, 1.82) is 0 Å². The van der Waals surface area contributed by atoms with Gasteiger partial charge >= 0.3 is 0 Å². The van der Waals surface area contributed by atoms with Crippen molar-refractivity contribution in [2.24, 2.45) is 0 Å². The predicted molar refractivity (Wildman–Crippen MR) is 96.9 cm³/mol. The van der Waals surface area contributed by atoms with Crippen LogP contribution in [0, 0.1) is 6.92 Å². The Bertz CT molecular complexity index is 689. The van der Waals surface area contributed by atoms with Crippen LogP contribution in [0.3, 0.4) is 0 Å². The lowest BCUT2D eigenvalue weighted by molar-refractivity contribution is 0.643. The second-order valence-corrected chi connectivity index (χ2v) is 6.62. The fraction of sp³-hybridized carbons (Fsp3) is 0.500. The Kier molecular flexibility index (Phi) is 4.19. The van der Waals surface area contributed by atoms with E-state index in [2.05, 4.69) is 56.1 Å². The summed E-state index contributed by atoms with van der Waals surface area (Å²) in [4.78, 5) is 11.7. The van der Waals surface area contributed by atoms with E-state index in [9.17, 15) is 0 Å². The molecule has 3 heterocycles. The molecule has 0 amide bonds. The van der Waals surface area contributed by atoms with E-state index < -0.39 is 0 Å². The minimum absolute atomic E-state index is 0.783. The van der Waals surface area contributed by atoms with Crippen LogP contribution in [0.4, 0.5) is 17.5 Å². The van der Waals surface area contributed by atoms with Crippen molar-refractivity contribution in [3.8, 4) is 0 Å². The average Bonchev–Trinajstić information content (AvgIpc) is 3.17. The Morgan fingerprint density at radius 2 is 1.62 bits per heavy atom. The molecule has 0 atom stereocenters. The standard InChI is InChI=1S/C18H24N6/c1-15-5-4-6-16(13-15)22-9-11-23(12-10-22)17-14-19-21-18(20-17)24-7-2-3-8-24/h4-6,13-14H,2-3,7-12H2,1H3. The SMILES string of the molecule is Cc1cccc(N2CCN(c3cnnc(N4CCCC4)n3)CC2)c1. The third kappa shape index (κ3) is 3.13. The summed E-state index contributed by atoms with van der Waals surface area (Å²) in [5.41, 5.74) is 2.62. The van der Waals surface area contributed by atoms with Crippen LogP contribution in [0.25, 0.3) is 0 Å². The first-order chi connectivity index (χ1) is 11.8. The first-order valence-corrected chi connectivity index (χ1v) is 8.81. The van der Waals surface area contributed by atoms with Crippen LogP contribution in [0.5, 0.6) is 0 Å². The molecule has 1 aromatic carbocycles. The third-order valence-corrected chi connectivity index (χ3v) is 4.89. The van der Waals surface area contributed by atoms with Crippen molar-refractivity contribution in [3.63, 3.8) is 0 Å². The molecule has 2 aromatic rings. The number of rotatable bonds is 3. The van der Waals surface area contributed by atoms with Crippen LogP contribution in [0.1, 0.15) is 18.4 Å². The Hall–Kier alpha value is -2.37. The summed E-state index contributed by atoms with van der Waals surface area (Å²) in [6.07, 6.45) is 4.24. The van der Waals surface area contributed by atoms with E-state index in [0.717, 1.165) is 51.0 Å². The third-order valence-electron chi connectivity index (χ3n) is 4.89. The van der Waals surface area contributed by atoms with Gasteiger partial charge in [-0.05, 0) is 37.5 Å². The van der Waals surface area contributed by atoms with Crippen LogP contribution in [0.2, 0.25) is 0 Å². The number of aromatic nitrogens is 3. The normalized spacial score (nSPS) is 18.3. The van der Waals surface area contributed by atoms with Gasteiger partial charge in [0, 0.05) is 45.0 Å². The molecule has 0 N–H and O–H groups in total. The molecule has 2 saturated heterocycles. The van der Waals surface area contributed by atoms with E-state index in [-0.39, 0.29) is 0 Å². The number of benzene rings is 1. The van der Waals surface area contributed by atoms with Crippen LogP contribution < -0.4 is 14.7 Å². The van der Waals surface area contributed by atoms with Crippen LogP contribution in [-0.2, 0) is 0 Å². The van der Waals surface area contributed by atoms with E-state index in [1.54, 1.807) is 6.20 Å². The van der Waals surface area contributed by atoms with Gasteiger partial charge in [0.15, 0.2) is 5.82 Å². The zero-order valence-corrected chi connectivity index (χ0v) is 14.2. The molecule has 2 aliphatic heterocycles. The van der Waals surface area contributed by atoms with E-state index in [0.29, 0.717) is 0 Å². The lowest BCUT2D eigenvalue weighted by Gasteiger charge is -2.36. The second-order valence-electron chi connectivity index (χ2n) is 6.62. The van der Waals surface area contributed by atoms with Gasteiger partial charge in [-0.2, -0.15) is 10.1 Å². The summed E-state index contributed by atoms with van der Waals surface area (Å²) in [5, 5.41) is 8.40. The predicted octanol–water partition coefficient (Wildman–Crippen LogP) is 2.11. The van der Waals surface area contributed by atoms with Crippen LogP contribution in [0.15, 0.2) is 30.5 Å². The summed E-state index contributed by atoms with van der Waals surface area (Å²) < 4.78 is 0. The first kappa shape index (κ1) is 15.2. The maximum atomic E-state index is 4.75. The fourth-order valence-corrected chi connectivity index (χ4v) is 3.51. The quantitative estimate of drug-likeness (QED) is 0.862. The maximum Gasteiger partial charge on any atom is 0.247 e. The first-order valence-electron chi connectivity index (χ1n) is 8.81. The Labute approximate surface area is 143 Å². The van der Waals surface area contributed by atoms with E-state index in [1.807, 2.05) is 0 Å². The zero-order chi connectivity index (χ0) is 16.4. The van der Waals surface area contributed by atoms with Gasteiger partial charge in [-0.3, -0.25) is 0 Å². The Balaban J connectivity index is 1.43. The van der Waals surface area contributed by atoms with Gasteiger partial charge in [0.1, 0.15) is 0 Å². The highest BCUT2D eigenvalue weighted by atomic mass is 15.4. The zero-order valence-electron chi connectivity index (χ0n) is 14.2. The molecule has 0 unspecified atom stereocenters. The molecule has 4 rings (SSSR count). The van der Waals surface area contributed by atoms with Crippen LogP contribution in [-0.4, -0.2) is 54.4 Å². The minimum Gasteiger partial charge on any atom is -0.368 e. The molecule has 0 radical (unpaired) electrons. The van der Waals surface area contributed by atoms with Crippen molar-refractivity contribution in [3.05, 3.63) is 36.0 Å². The number of hydrogen-bond acceptors (Lipinski definition) is 6. The Morgan fingerprint density at radius 3 is 2.38 bits per heavy atom. The summed E-state index contributed by atoms with van der Waals surface area (Å²) in [5.74, 6) is 1.74. The van der Waals surface area contributed by atoms with Gasteiger partial charge in [-0.1, -0.05) is 12.1 Å². The van der Waals surface area contributed by atoms with Crippen molar-refractivity contribution >= 4 is 17.5 Å². The summed E-state index contributed by atoms with van der Waals surface area (Å²) in [6.45, 7) is 8.18. The maximum absolute atomic E-state index is 4.75. The average molecular weight is 324 g/mol. The highest BCUT2D eigenvalue weighted by molar-refractivity contribution is 5.51. The van der Waals surface area contributed by atoms with E-state index in [4.69, 9.17) is 4.98 Å². The molecule has 6 heteroatoms. The number of aryl methyl sites for hydroxylation is 1. The molecule has 2 fully saturated rings. The van der Waals surface area contributed by atoms with Crippen molar-refractivity contribution in [1.82, 2.24) is 15.2 Å². The molecule has 126 valence electrons. The lowest BCUT2D eigenvalue weighted by atomic mass is 10.2. The van der Waals surface area contributed by atoms with E-state index >= 15 is 0 Å². The van der Waals surface area contributed by atoms with Crippen molar-refractivity contribution in [2.45, 2.75) is 19.8 Å². The number of anilines is 3. The van der Waals surface area contributed by atoms with Crippen LogP contribution >= 0.6 is 0 Å². The molecule has 24 heavy (non-hydrogen) atoms. The van der Waals surface area contributed by atoms with Crippen molar-refractivity contribution < 1.29 is 0 Å². The molecule has 6 nitrogen and oxygen atoms in total. The largest absolute Gasteiger partial charge is 0.368 e. The van der Waals surface area contributed by atoms with Gasteiger partial charge < -0.3 is 14.7 Å². The monoisotopic (exact) mass is 324 g/mol. The van der Waals surface area contributed by atoms with Gasteiger partial charge in [0.25, 0.3) is 0 Å². The summed E-state index contributed by atoms with van der Waals surface area (Å²) in [6, 6.07) is 8.73. The summed E-state index contributed by atoms with van der Waals surface area (Å²) >= 11 is 0. The van der Waals surface area contributed by atoms with Gasteiger partial charge in [0.05, 0.1) is 6.20 Å². The molecule has 0 bridgehead atoms. The fourth-order valence-electron chi connectivity index (χ4n) is 3.51. The molecule has 0 aliphatic carbocycles. The highest BCUT2D eigenvalue weighted by Gasteiger charge is 2.21. The van der Waals surface area contributed by atoms with Gasteiger partial charge in [0.2, 0.25) is 5.95 Å². The minimum atomic E-state index is 0.783. The van der Waals surface area contributed by atoms with E-state index in [1.165, 1.54) is 24.1 Å².